The van der Waals surface area contributed by atoms with Gasteiger partial charge in [-0.1, -0.05) is 12.8 Å². The van der Waals surface area contributed by atoms with Crippen LogP contribution in [0.3, 0.4) is 0 Å². The van der Waals surface area contributed by atoms with Crippen LogP contribution in [0.5, 0.6) is 0 Å². The Balaban J connectivity index is 1.97. The highest BCUT2D eigenvalue weighted by Gasteiger charge is 2.31. The van der Waals surface area contributed by atoms with E-state index in [1.165, 1.54) is 4.90 Å². The van der Waals surface area contributed by atoms with Crippen molar-refractivity contribution in [3.8, 4) is 0 Å². The van der Waals surface area contributed by atoms with Crippen molar-refractivity contribution in [3.63, 3.8) is 0 Å². The normalized spacial score (nSPS) is 26.4. The molecule has 0 aromatic carbocycles. The fourth-order valence-corrected chi connectivity index (χ4v) is 2.25. The molecule has 0 aliphatic carbocycles. The van der Waals surface area contributed by atoms with Crippen molar-refractivity contribution in [2.24, 2.45) is 0 Å². The average Bonchev–Trinajstić information content (AvgIpc) is 2.55. The highest BCUT2D eigenvalue weighted by Crippen LogP contribution is 2.11. The minimum absolute atomic E-state index is 0.0112. The van der Waals surface area contributed by atoms with Crippen LogP contribution >= 0.6 is 0 Å². The van der Waals surface area contributed by atoms with E-state index in [2.05, 4.69) is 10.6 Å². The zero-order valence-electron chi connectivity index (χ0n) is 9.70. The van der Waals surface area contributed by atoms with Gasteiger partial charge in [-0.3, -0.25) is 19.7 Å². The molecule has 6 nitrogen and oxygen atoms in total. The zero-order chi connectivity index (χ0) is 12.3. The topological polar surface area (TPSA) is 78.5 Å². The first-order chi connectivity index (χ1) is 8.16. The fourth-order valence-electron chi connectivity index (χ4n) is 2.25. The summed E-state index contributed by atoms with van der Waals surface area (Å²) in [6, 6.07) is -0.240. The molecule has 1 unspecified atom stereocenters. The highest BCUT2D eigenvalue weighted by molar-refractivity contribution is 6.03. The highest BCUT2D eigenvalue weighted by atomic mass is 16.2. The Bertz CT molecular complexity index is 319. The molecule has 2 fully saturated rings. The standard InChI is InChI=1S/C11H17N3O3/c15-9-6-14(7-10(16)13-9)11(17)8-4-2-1-3-5-12-8/h8,12H,1-7H2,(H,13,15,16). The second-order valence-electron chi connectivity index (χ2n) is 4.52. The first kappa shape index (κ1) is 12.0. The zero-order valence-corrected chi connectivity index (χ0v) is 9.70. The lowest BCUT2D eigenvalue weighted by atomic mass is 10.1. The molecule has 3 amide bonds. The van der Waals surface area contributed by atoms with Crippen molar-refractivity contribution in [3.05, 3.63) is 0 Å². The number of carbonyl (C=O) groups is 3. The second kappa shape index (κ2) is 5.27. The van der Waals surface area contributed by atoms with Crippen LogP contribution in [0.15, 0.2) is 0 Å². The summed E-state index contributed by atoms with van der Waals surface area (Å²) in [6.45, 7) is 0.801. The van der Waals surface area contributed by atoms with Crippen LogP contribution in [0.4, 0.5) is 0 Å². The molecule has 2 saturated heterocycles. The van der Waals surface area contributed by atoms with Crippen molar-refractivity contribution in [1.29, 1.82) is 0 Å². The van der Waals surface area contributed by atoms with Gasteiger partial charge in [0.05, 0.1) is 6.04 Å². The van der Waals surface area contributed by atoms with Crippen LogP contribution in [0, 0.1) is 0 Å². The van der Waals surface area contributed by atoms with Crippen LogP contribution in [0.1, 0.15) is 25.7 Å². The van der Waals surface area contributed by atoms with Crippen molar-refractivity contribution < 1.29 is 14.4 Å². The molecule has 1 atom stereocenters. The molecular formula is C11H17N3O3. The fraction of sp³-hybridized carbons (Fsp3) is 0.727. The van der Waals surface area contributed by atoms with Gasteiger partial charge in [-0.05, 0) is 19.4 Å². The van der Waals surface area contributed by atoms with Gasteiger partial charge in [-0.25, -0.2) is 0 Å². The lowest BCUT2D eigenvalue weighted by Gasteiger charge is -2.29. The number of amides is 3. The summed E-state index contributed by atoms with van der Waals surface area (Å²) < 4.78 is 0. The number of rotatable bonds is 1. The number of carbonyl (C=O) groups excluding carboxylic acids is 3. The van der Waals surface area contributed by atoms with E-state index >= 15 is 0 Å². The maximum Gasteiger partial charge on any atom is 0.246 e. The second-order valence-corrected chi connectivity index (χ2v) is 4.52. The molecule has 0 aromatic rings. The van der Waals surface area contributed by atoms with E-state index in [0.29, 0.717) is 0 Å². The average molecular weight is 239 g/mol. The van der Waals surface area contributed by atoms with Gasteiger partial charge in [0.1, 0.15) is 13.1 Å². The van der Waals surface area contributed by atoms with Crippen LogP contribution in [0.2, 0.25) is 0 Å². The lowest BCUT2D eigenvalue weighted by molar-refractivity contribution is -0.146. The van der Waals surface area contributed by atoms with Crippen molar-refractivity contribution >= 4 is 17.7 Å². The van der Waals surface area contributed by atoms with Crippen molar-refractivity contribution in [1.82, 2.24) is 15.5 Å². The van der Waals surface area contributed by atoms with Crippen molar-refractivity contribution in [2.75, 3.05) is 19.6 Å². The Hall–Kier alpha value is -1.43. The summed E-state index contributed by atoms with van der Waals surface area (Å²) in [5, 5.41) is 5.36. The molecule has 0 bridgehead atoms. The Morgan fingerprint density at radius 1 is 1.12 bits per heavy atom. The third-order valence-corrected chi connectivity index (χ3v) is 3.12. The summed E-state index contributed by atoms with van der Waals surface area (Å²) in [7, 11) is 0. The first-order valence-electron chi connectivity index (χ1n) is 6.01. The molecule has 17 heavy (non-hydrogen) atoms. The molecule has 6 heteroatoms. The predicted octanol–water partition coefficient (Wildman–Crippen LogP) is -0.996. The van der Waals surface area contributed by atoms with Gasteiger partial charge in [0.2, 0.25) is 17.7 Å². The van der Waals surface area contributed by atoms with E-state index in [1.807, 2.05) is 0 Å². The Kier molecular flexibility index (Phi) is 3.73. The van der Waals surface area contributed by atoms with E-state index in [1.54, 1.807) is 0 Å². The van der Waals surface area contributed by atoms with Crippen molar-refractivity contribution in [2.45, 2.75) is 31.7 Å². The lowest BCUT2D eigenvalue weighted by Crippen LogP contribution is -2.57. The summed E-state index contributed by atoms with van der Waals surface area (Å²) in [5.74, 6) is -0.929. The number of nitrogens with one attached hydrogen (secondary N) is 2. The largest absolute Gasteiger partial charge is 0.323 e. The first-order valence-corrected chi connectivity index (χ1v) is 6.01. The van der Waals surface area contributed by atoms with E-state index in [4.69, 9.17) is 0 Å². The van der Waals surface area contributed by atoms with Gasteiger partial charge in [-0.15, -0.1) is 0 Å². The molecule has 2 rings (SSSR count). The molecule has 0 saturated carbocycles. The molecule has 0 spiro atoms. The van der Waals surface area contributed by atoms with Crippen LogP contribution < -0.4 is 10.6 Å². The van der Waals surface area contributed by atoms with E-state index in [-0.39, 0.29) is 25.0 Å². The minimum atomic E-state index is -0.400. The summed E-state index contributed by atoms with van der Waals surface area (Å²) in [4.78, 5) is 35.9. The predicted molar refractivity (Wildman–Crippen MR) is 60.0 cm³/mol. The van der Waals surface area contributed by atoms with Crippen LogP contribution in [0.25, 0.3) is 0 Å². The minimum Gasteiger partial charge on any atom is -0.323 e. The van der Waals surface area contributed by atoms with E-state index in [0.717, 1.165) is 32.2 Å². The third kappa shape index (κ3) is 3.03. The van der Waals surface area contributed by atoms with Gasteiger partial charge >= 0.3 is 0 Å². The molecule has 2 heterocycles. The molecular weight excluding hydrogens is 222 g/mol. The Morgan fingerprint density at radius 3 is 2.53 bits per heavy atom. The number of nitrogens with zero attached hydrogens (tertiary/aromatic N) is 1. The van der Waals surface area contributed by atoms with Gasteiger partial charge in [0.25, 0.3) is 0 Å². The monoisotopic (exact) mass is 239 g/mol. The van der Waals surface area contributed by atoms with E-state index in [9.17, 15) is 14.4 Å². The van der Waals surface area contributed by atoms with Gasteiger partial charge in [0.15, 0.2) is 0 Å². The summed E-state index contributed by atoms with van der Waals surface area (Å²) in [6.07, 6.45) is 3.99. The smallest absolute Gasteiger partial charge is 0.246 e. The number of piperazine rings is 1. The van der Waals surface area contributed by atoms with E-state index < -0.39 is 11.8 Å². The molecule has 0 radical (unpaired) electrons. The number of imide groups is 1. The molecule has 2 aliphatic rings. The molecule has 2 N–H and O–H groups in total. The van der Waals surface area contributed by atoms with Crippen LogP contribution in [-0.4, -0.2) is 48.3 Å². The Labute approximate surface area is 99.7 Å². The quantitative estimate of drug-likeness (QED) is 0.576. The third-order valence-electron chi connectivity index (χ3n) is 3.12. The van der Waals surface area contributed by atoms with Gasteiger partial charge < -0.3 is 10.2 Å². The molecule has 2 aliphatic heterocycles. The van der Waals surface area contributed by atoms with Gasteiger partial charge in [-0.2, -0.15) is 0 Å². The molecule has 0 aromatic heterocycles. The van der Waals surface area contributed by atoms with Gasteiger partial charge in [0, 0.05) is 0 Å². The van der Waals surface area contributed by atoms with Crippen LogP contribution in [-0.2, 0) is 14.4 Å². The molecule has 94 valence electrons. The number of hydrogen-bond donors (Lipinski definition) is 2. The number of hydrogen-bond acceptors (Lipinski definition) is 4. The maximum absolute atomic E-state index is 12.1. The Morgan fingerprint density at radius 2 is 1.82 bits per heavy atom. The summed E-state index contributed by atoms with van der Waals surface area (Å²) >= 11 is 0. The maximum atomic E-state index is 12.1. The SMILES string of the molecule is O=C1CN(C(=O)C2CCCCCN2)CC(=O)N1. The summed E-state index contributed by atoms with van der Waals surface area (Å²) in [5.41, 5.74) is 0.